The molecule has 1 N–H and O–H groups in total. The van der Waals surface area contributed by atoms with Crippen LogP contribution in [0.25, 0.3) is 0 Å². The lowest BCUT2D eigenvalue weighted by molar-refractivity contribution is 0.0183. The van der Waals surface area contributed by atoms with Crippen LogP contribution in [0.3, 0.4) is 0 Å². The van der Waals surface area contributed by atoms with Crippen LogP contribution in [0.4, 0.5) is 8.78 Å². The van der Waals surface area contributed by atoms with Crippen molar-refractivity contribution < 1.29 is 13.5 Å². The van der Waals surface area contributed by atoms with Gasteiger partial charge >= 0.3 is 0 Å². The second kappa shape index (κ2) is 5.87. The maximum atomic E-state index is 11.6. The largest absolute Gasteiger partial charge is 0.375 e. The van der Waals surface area contributed by atoms with Gasteiger partial charge in [-0.15, -0.1) is 11.6 Å². The van der Waals surface area contributed by atoms with Gasteiger partial charge in [0.15, 0.2) is 5.82 Å². The average Bonchev–Trinajstić information content (AvgIpc) is 2.60. The SMILES string of the molecule is FC(F)COCCc1n[nH]c(CCl)n1. The van der Waals surface area contributed by atoms with Gasteiger partial charge in [-0.05, 0) is 0 Å². The van der Waals surface area contributed by atoms with E-state index >= 15 is 0 Å². The van der Waals surface area contributed by atoms with Crippen molar-refractivity contribution in [1.29, 1.82) is 0 Å². The third-order valence-corrected chi connectivity index (χ3v) is 1.67. The summed E-state index contributed by atoms with van der Waals surface area (Å²) in [5.41, 5.74) is 0. The van der Waals surface area contributed by atoms with Gasteiger partial charge in [-0.25, -0.2) is 13.8 Å². The van der Waals surface area contributed by atoms with Crippen molar-refractivity contribution in [3.63, 3.8) is 0 Å². The Hall–Kier alpha value is -0.750. The summed E-state index contributed by atoms with van der Waals surface area (Å²) in [4.78, 5) is 3.98. The fourth-order valence-electron chi connectivity index (χ4n) is 0.842. The summed E-state index contributed by atoms with van der Waals surface area (Å²) in [5.74, 6) is 1.34. The van der Waals surface area contributed by atoms with Crippen molar-refractivity contribution in [2.75, 3.05) is 13.2 Å². The molecule has 1 aromatic rings. The normalized spacial score (nSPS) is 11.1. The van der Waals surface area contributed by atoms with Crippen molar-refractivity contribution in [2.24, 2.45) is 0 Å². The molecule has 1 rings (SSSR count). The molecule has 0 fully saturated rings. The molecular formula is C7H10ClF2N3O. The van der Waals surface area contributed by atoms with Gasteiger partial charge in [0.05, 0.1) is 12.5 Å². The van der Waals surface area contributed by atoms with Crippen LogP contribution in [-0.2, 0) is 17.0 Å². The van der Waals surface area contributed by atoms with Crippen LogP contribution in [0.2, 0.25) is 0 Å². The van der Waals surface area contributed by atoms with Gasteiger partial charge in [0.25, 0.3) is 6.43 Å². The Bertz CT molecular complexity index is 269. The minimum atomic E-state index is -2.43. The summed E-state index contributed by atoms with van der Waals surface area (Å²) >= 11 is 5.48. The van der Waals surface area contributed by atoms with Gasteiger partial charge in [-0.3, -0.25) is 5.10 Å². The number of nitrogens with one attached hydrogen (secondary N) is 1. The molecule has 0 saturated heterocycles. The van der Waals surface area contributed by atoms with Crippen LogP contribution in [0, 0.1) is 0 Å². The summed E-state index contributed by atoms with van der Waals surface area (Å²) < 4.78 is 27.9. The number of ether oxygens (including phenoxy) is 1. The van der Waals surface area contributed by atoms with E-state index in [1.807, 2.05) is 0 Å². The molecule has 1 aromatic heterocycles. The fraction of sp³-hybridized carbons (Fsp3) is 0.714. The molecule has 0 aliphatic carbocycles. The Kier molecular flexibility index (Phi) is 4.75. The molecule has 0 saturated carbocycles. The summed E-state index contributed by atoms with van der Waals surface area (Å²) in [7, 11) is 0. The van der Waals surface area contributed by atoms with Crippen molar-refractivity contribution in [1.82, 2.24) is 15.2 Å². The van der Waals surface area contributed by atoms with Gasteiger partial charge in [-0.2, -0.15) is 5.10 Å². The first kappa shape index (κ1) is 11.3. The van der Waals surface area contributed by atoms with Gasteiger partial charge in [-0.1, -0.05) is 0 Å². The van der Waals surface area contributed by atoms with Crippen LogP contribution < -0.4 is 0 Å². The van der Waals surface area contributed by atoms with E-state index in [0.29, 0.717) is 18.1 Å². The summed E-state index contributed by atoms with van der Waals surface area (Å²) in [6, 6.07) is 0. The van der Waals surface area contributed by atoms with Crippen LogP contribution >= 0.6 is 11.6 Å². The number of hydrogen-bond acceptors (Lipinski definition) is 3. The van der Waals surface area contributed by atoms with Gasteiger partial charge in [0.1, 0.15) is 12.4 Å². The minimum absolute atomic E-state index is 0.184. The Morgan fingerprint density at radius 3 is 2.86 bits per heavy atom. The first-order valence-corrected chi connectivity index (χ1v) is 4.58. The standard InChI is InChI=1S/C7H10ClF2N3O/c8-3-7-11-6(12-13-7)1-2-14-4-5(9)10/h5H,1-4H2,(H,11,12,13). The van der Waals surface area contributed by atoms with Crippen molar-refractivity contribution >= 4 is 11.6 Å². The van der Waals surface area contributed by atoms with E-state index < -0.39 is 13.0 Å². The molecule has 0 amide bonds. The quantitative estimate of drug-likeness (QED) is 0.588. The van der Waals surface area contributed by atoms with Gasteiger partial charge < -0.3 is 4.74 Å². The van der Waals surface area contributed by atoms with Crippen molar-refractivity contribution in [3.8, 4) is 0 Å². The smallest absolute Gasteiger partial charge is 0.261 e. The lowest BCUT2D eigenvalue weighted by atomic mass is 10.4. The molecule has 0 spiro atoms. The molecule has 0 atom stereocenters. The van der Waals surface area contributed by atoms with E-state index in [9.17, 15) is 8.78 Å². The van der Waals surface area contributed by atoms with E-state index in [2.05, 4.69) is 19.9 Å². The van der Waals surface area contributed by atoms with Crippen LogP contribution in [0.1, 0.15) is 11.6 Å². The fourth-order valence-corrected chi connectivity index (χ4v) is 0.962. The molecule has 0 bridgehead atoms. The second-order valence-corrected chi connectivity index (χ2v) is 2.82. The summed E-state index contributed by atoms with van der Waals surface area (Å²) in [6.45, 7) is -0.364. The Balaban J connectivity index is 2.18. The van der Waals surface area contributed by atoms with Crippen molar-refractivity contribution in [3.05, 3.63) is 11.6 Å². The van der Waals surface area contributed by atoms with Crippen LogP contribution in [0.5, 0.6) is 0 Å². The highest BCUT2D eigenvalue weighted by atomic mass is 35.5. The lowest BCUT2D eigenvalue weighted by Gasteiger charge is -1.99. The van der Waals surface area contributed by atoms with Crippen LogP contribution in [0.15, 0.2) is 0 Å². The third-order valence-electron chi connectivity index (χ3n) is 1.42. The zero-order chi connectivity index (χ0) is 10.4. The summed E-state index contributed by atoms with van der Waals surface area (Å²) in [5, 5.41) is 6.42. The topological polar surface area (TPSA) is 50.8 Å². The molecule has 0 aliphatic rings. The maximum absolute atomic E-state index is 11.6. The molecular weight excluding hydrogens is 216 g/mol. The Morgan fingerprint density at radius 1 is 1.50 bits per heavy atom. The number of rotatable bonds is 6. The predicted molar refractivity (Wildman–Crippen MR) is 46.5 cm³/mol. The molecule has 1 heterocycles. The second-order valence-electron chi connectivity index (χ2n) is 2.55. The van der Waals surface area contributed by atoms with E-state index in [4.69, 9.17) is 11.6 Å². The van der Waals surface area contributed by atoms with Gasteiger partial charge in [0.2, 0.25) is 0 Å². The molecule has 4 nitrogen and oxygen atoms in total. The van der Waals surface area contributed by atoms with E-state index in [1.54, 1.807) is 0 Å². The van der Waals surface area contributed by atoms with E-state index in [1.165, 1.54) is 0 Å². The number of nitrogens with zero attached hydrogens (tertiary/aromatic N) is 2. The monoisotopic (exact) mass is 225 g/mol. The number of halogens is 3. The van der Waals surface area contributed by atoms with Gasteiger partial charge in [0, 0.05) is 6.42 Å². The van der Waals surface area contributed by atoms with E-state index in [0.717, 1.165) is 0 Å². The summed E-state index contributed by atoms with van der Waals surface area (Å²) in [6.07, 6.45) is -2.03. The molecule has 0 radical (unpaired) electrons. The first-order chi connectivity index (χ1) is 6.72. The number of aromatic amines is 1. The lowest BCUT2D eigenvalue weighted by Crippen LogP contribution is -2.07. The molecule has 14 heavy (non-hydrogen) atoms. The minimum Gasteiger partial charge on any atom is -0.375 e. The highest BCUT2D eigenvalue weighted by molar-refractivity contribution is 6.16. The predicted octanol–water partition coefficient (Wildman–Crippen LogP) is 1.37. The first-order valence-electron chi connectivity index (χ1n) is 4.04. The van der Waals surface area contributed by atoms with Crippen LogP contribution in [-0.4, -0.2) is 34.8 Å². The number of aromatic nitrogens is 3. The number of H-pyrrole nitrogens is 1. The number of alkyl halides is 3. The van der Waals surface area contributed by atoms with E-state index in [-0.39, 0.29) is 12.5 Å². The highest BCUT2D eigenvalue weighted by Crippen LogP contribution is 1.98. The molecule has 0 aromatic carbocycles. The molecule has 7 heteroatoms. The zero-order valence-corrected chi connectivity index (χ0v) is 8.10. The molecule has 0 aliphatic heterocycles. The maximum Gasteiger partial charge on any atom is 0.261 e. The Morgan fingerprint density at radius 2 is 2.29 bits per heavy atom. The highest BCUT2D eigenvalue weighted by Gasteiger charge is 2.04. The molecule has 0 unspecified atom stereocenters. The third kappa shape index (κ3) is 3.97. The Labute approximate surface area is 84.6 Å². The van der Waals surface area contributed by atoms with Crippen molar-refractivity contribution in [2.45, 2.75) is 18.7 Å². The molecule has 80 valence electrons. The average molecular weight is 226 g/mol. The number of hydrogen-bond donors (Lipinski definition) is 1. The zero-order valence-electron chi connectivity index (χ0n) is 7.34.